The Kier molecular flexibility index (Phi) is 5.70. The Balaban J connectivity index is 1.41. The van der Waals surface area contributed by atoms with E-state index in [1.54, 1.807) is 6.20 Å². The summed E-state index contributed by atoms with van der Waals surface area (Å²) in [5, 5.41) is 2.90. The second-order valence-corrected chi connectivity index (χ2v) is 7.11. The largest absolute Gasteiger partial charge is 0.457 e. The van der Waals surface area contributed by atoms with Crippen LogP contribution in [0.3, 0.4) is 0 Å². The molecule has 1 aliphatic rings. The van der Waals surface area contributed by atoms with E-state index in [4.69, 9.17) is 4.74 Å². The Labute approximate surface area is 170 Å². The maximum Gasteiger partial charge on any atom is 0.259 e. The first-order chi connectivity index (χ1) is 14.2. The van der Waals surface area contributed by atoms with Gasteiger partial charge in [0, 0.05) is 25.0 Å². The van der Waals surface area contributed by atoms with Gasteiger partial charge < -0.3 is 15.0 Å². The van der Waals surface area contributed by atoms with Gasteiger partial charge in [0.2, 0.25) is 5.95 Å². The van der Waals surface area contributed by atoms with E-state index >= 15 is 0 Å². The third-order valence-corrected chi connectivity index (χ3v) is 4.94. The number of nitrogens with zero attached hydrogens (tertiary/aromatic N) is 3. The highest BCUT2D eigenvalue weighted by Gasteiger charge is 2.17. The predicted molar refractivity (Wildman–Crippen MR) is 114 cm³/mol. The molecule has 6 heteroatoms. The number of anilines is 2. The molecule has 2 heterocycles. The molecule has 6 nitrogen and oxygen atoms in total. The Morgan fingerprint density at radius 2 is 1.66 bits per heavy atom. The molecule has 0 bridgehead atoms. The summed E-state index contributed by atoms with van der Waals surface area (Å²) in [4.78, 5) is 23.8. The van der Waals surface area contributed by atoms with Crippen LogP contribution in [0.25, 0.3) is 0 Å². The molecule has 1 N–H and O–H groups in total. The minimum absolute atomic E-state index is 0.218. The Morgan fingerprint density at radius 3 is 2.34 bits per heavy atom. The van der Waals surface area contributed by atoms with E-state index in [0.717, 1.165) is 31.7 Å². The molecule has 1 fully saturated rings. The molecule has 0 radical (unpaired) electrons. The van der Waals surface area contributed by atoms with Crippen molar-refractivity contribution in [2.45, 2.75) is 26.2 Å². The number of amides is 1. The predicted octanol–water partition coefficient (Wildman–Crippen LogP) is 4.82. The summed E-state index contributed by atoms with van der Waals surface area (Å²) in [6, 6.07) is 16.9. The number of carbonyl (C=O) groups excluding carboxylic acids is 1. The van der Waals surface area contributed by atoms with Crippen LogP contribution in [-0.2, 0) is 0 Å². The zero-order valence-electron chi connectivity index (χ0n) is 16.5. The zero-order chi connectivity index (χ0) is 20.1. The average molecular weight is 388 g/mol. The number of piperidine rings is 1. The van der Waals surface area contributed by atoms with Crippen LogP contribution in [0.2, 0.25) is 0 Å². The van der Waals surface area contributed by atoms with Gasteiger partial charge in [0.05, 0.1) is 11.3 Å². The highest BCUT2D eigenvalue weighted by Crippen LogP contribution is 2.23. The van der Waals surface area contributed by atoms with Crippen LogP contribution in [0.15, 0.2) is 60.8 Å². The third kappa shape index (κ3) is 4.71. The molecule has 0 spiro atoms. The van der Waals surface area contributed by atoms with E-state index < -0.39 is 0 Å². The van der Waals surface area contributed by atoms with Crippen molar-refractivity contribution in [1.82, 2.24) is 9.97 Å². The van der Waals surface area contributed by atoms with Crippen LogP contribution in [-0.4, -0.2) is 29.0 Å². The number of aromatic nitrogens is 2. The molecule has 148 valence electrons. The number of hydrogen-bond donors (Lipinski definition) is 1. The number of hydrogen-bond acceptors (Lipinski definition) is 5. The van der Waals surface area contributed by atoms with Crippen LogP contribution in [0, 0.1) is 6.92 Å². The second-order valence-electron chi connectivity index (χ2n) is 7.11. The van der Waals surface area contributed by atoms with Crippen LogP contribution in [0.5, 0.6) is 11.5 Å². The molecule has 1 saturated heterocycles. The highest BCUT2D eigenvalue weighted by atomic mass is 16.5. The number of para-hydroxylation sites is 1. The smallest absolute Gasteiger partial charge is 0.259 e. The molecular formula is C23H24N4O2. The lowest BCUT2D eigenvalue weighted by Gasteiger charge is -2.26. The number of nitrogens with one attached hydrogen (secondary N) is 1. The van der Waals surface area contributed by atoms with Crippen LogP contribution < -0.4 is 15.0 Å². The van der Waals surface area contributed by atoms with Crippen molar-refractivity contribution in [3.8, 4) is 11.5 Å². The van der Waals surface area contributed by atoms with Gasteiger partial charge in [-0.3, -0.25) is 4.79 Å². The molecule has 0 atom stereocenters. The average Bonchev–Trinajstić information content (AvgIpc) is 2.76. The first-order valence-corrected chi connectivity index (χ1v) is 9.92. The van der Waals surface area contributed by atoms with Gasteiger partial charge in [-0.25, -0.2) is 9.97 Å². The van der Waals surface area contributed by atoms with Gasteiger partial charge >= 0.3 is 0 Å². The van der Waals surface area contributed by atoms with Crippen molar-refractivity contribution < 1.29 is 9.53 Å². The lowest BCUT2D eigenvalue weighted by atomic mass is 10.1. The Bertz CT molecular complexity index is 968. The van der Waals surface area contributed by atoms with Gasteiger partial charge in [-0.1, -0.05) is 18.2 Å². The summed E-state index contributed by atoms with van der Waals surface area (Å²) in [6.07, 6.45) is 5.20. The summed E-state index contributed by atoms with van der Waals surface area (Å²) in [5.74, 6) is 1.97. The topological polar surface area (TPSA) is 67.4 Å². The van der Waals surface area contributed by atoms with Crippen molar-refractivity contribution in [2.75, 3.05) is 23.3 Å². The SMILES string of the molecule is Cc1nc(N2CCCCC2)ncc1C(=O)Nc1ccc(Oc2ccccc2)cc1. The Morgan fingerprint density at radius 1 is 0.966 bits per heavy atom. The van der Waals surface area contributed by atoms with E-state index in [0.29, 0.717) is 28.6 Å². The van der Waals surface area contributed by atoms with E-state index in [1.807, 2.05) is 61.5 Å². The second kappa shape index (κ2) is 8.73. The minimum Gasteiger partial charge on any atom is -0.457 e. The van der Waals surface area contributed by atoms with Gasteiger partial charge in [-0.05, 0) is 62.6 Å². The molecular weight excluding hydrogens is 364 g/mol. The lowest BCUT2D eigenvalue weighted by Crippen LogP contribution is -2.31. The van der Waals surface area contributed by atoms with Crippen molar-refractivity contribution in [1.29, 1.82) is 0 Å². The molecule has 0 saturated carbocycles. The Hall–Kier alpha value is -3.41. The lowest BCUT2D eigenvalue weighted by molar-refractivity contribution is 0.102. The number of rotatable bonds is 5. The number of benzene rings is 2. The number of aryl methyl sites for hydroxylation is 1. The first kappa shape index (κ1) is 18.9. The van der Waals surface area contributed by atoms with Gasteiger partial charge in [0.1, 0.15) is 11.5 Å². The highest BCUT2D eigenvalue weighted by molar-refractivity contribution is 6.04. The fourth-order valence-electron chi connectivity index (χ4n) is 3.35. The molecule has 2 aromatic carbocycles. The molecule has 1 aliphatic heterocycles. The molecule has 29 heavy (non-hydrogen) atoms. The fourth-order valence-corrected chi connectivity index (χ4v) is 3.35. The van der Waals surface area contributed by atoms with Crippen molar-refractivity contribution in [3.63, 3.8) is 0 Å². The number of ether oxygens (including phenoxy) is 1. The summed E-state index contributed by atoms with van der Waals surface area (Å²) in [5.41, 5.74) is 1.85. The minimum atomic E-state index is -0.218. The maximum absolute atomic E-state index is 12.7. The van der Waals surface area contributed by atoms with Gasteiger partial charge in [0.15, 0.2) is 0 Å². The van der Waals surface area contributed by atoms with Crippen molar-refractivity contribution in [3.05, 3.63) is 72.1 Å². The fraction of sp³-hybridized carbons (Fsp3) is 0.261. The van der Waals surface area contributed by atoms with Gasteiger partial charge in [-0.2, -0.15) is 0 Å². The monoisotopic (exact) mass is 388 g/mol. The molecule has 4 rings (SSSR count). The van der Waals surface area contributed by atoms with E-state index in [2.05, 4.69) is 20.2 Å². The van der Waals surface area contributed by atoms with Gasteiger partial charge in [-0.15, -0.1) is 0 Å². The van der Waals surface area contributed by atoms with Gasteiger partial charge in [0.25, 0.3) is 5.91 Å². The summed E-state index contributed by atoms with van der Waals surface area (Å²) >= 11 is 0. The standard InChI is InChI=1S/C23H24N4O2/c1-17-21(16-24-23(25-17)27-14-6-3-7-15-27)22(28)26-18-10-12-20(13-11-18)29-19-8-4-2-5-9-19/h2,4-5,8-13,16H,3,6-7,14-15H2,1H3,(H,26,28). The van der Waals surface area contributed by atoms with Crippen LogP contribution >= 0.6 is 0 Å². The summed E-state index contributed by atoms with van der Waals surface area (Å²) in [7, 11) is 0. The molecule has 1 aromatic heterocycles. The quantitative estimate of drug-likeness (QED) is 0.679. The maximum atomic E-state index is 12.7. The normalized spacial score (nSPS) is 13.8. The summed E-state index contributed by atoms with van der Waals surface area (Å²) in [6.45, 7) is 3.80. The summed E-state index contributed by atoms with van der Waals surface area (Å²) < 4.78 is 5.78. The van der Waals surface area contributed by atoms with Crippen molar-refractivity contribution in [2.24, 2.45) is 0 Å². The molecule has 1 amide bonds. The van der Waals surface area contributed by atoms with E-state index in [1.165, 1.54) is 6.42 Å². The van der Waals surface area contributed by atoms with Crippen LogP contribution in [0.1, 0.15) is 35.3 Å². The third-order valence-electron chi connectivity index (χ3n) is 4.94. The molecule has 0 aliphatic carbocycles. The molecule has 3 aromatic rings. The van der Waals surface area contributed by atoms with Crippen LogP contribution in [0.4, 0.5) is 11.6 Å². The molecule has 0 unspecified atom stereocenters. The number of carbonyl (C=O) groups is 1. The van der Waals surface area contributed by atoms with E-state index in [9.17, 15) is 4.79 Å². The first-order valence-electron chi connectivity index (χ1n) is 9.92. The van der Waals surface area contributed by atoms with E-state index in [-0.39, 0.29) is 5.91 Å². The van der Waals surface area contributed by atoms with Crippen molar-refractivity contribution >= 4 is 17.5 Å². The zero-order valence-corrected chi connectivity index (χ0v) is 16.5.